The van der Waals surface area contributed by atoms with Gasteiger partial charge in [0.05, 0.1) is 11.6 Å². The van der Waals surface area contributed by atoms with E-state index in [1.807, 2.05) is 17.9 Å². The lowest BCUT2D eigenvalue weighted by Crippen LogP contribution is -2.41. The van der Waals surface area contributed by atoms with Crippen molar-refractivity contribution in [2.45, 2.75) is 25.8 Å². The number of carbonyl (C=O) groups is 1. The summed E-state index contributed by atoms with van der Waals surface area (Å²) < 4.78 is 14.1. The van der Waals surface area contributed by atoms with Crippen LogP contribution in [0, 0.1) is 11.7 Å². The van der Waals surface area contributed by atoms with Gasteiger partial charge in [-0.2, -0.15) is 0 Å². The van der Waals surface area contributed by atoms with Crippen LogP contribution in [0.15, 0.2) is 18.2 Å². The number of rotatable bonds is 3. The van der Waals surface area contributed by atoms with Crippen molar-refractivity contribution < 1.29 is 9.18 Å². The van der Waals surface area contributed by atoms with Crippen molar-refractivity contribution in [1.82, 2.24) is 0 Å². The molecular weight excluding hydrogens is 245 g/mol. The van der Waals surface area contributed by atoms with Crippen molar-refractivity contribution >= 4 is 11.6 Å². The molecule has 0 spiro atoms. The Labute approximate surface area is 112 Å². The molecule has 1 unspecified atom stereocenters. The summed E-state index contributed by atoms with van der Waals surface area (Å²) in [5.74, 6) is -0.793. The Balaban J connectivity index is 2.19. The third kappa shape index (κ3) is 3.04. The van der Waals surface area contributed by atoms with Crippen LogP contribution in [-0.4, -0.2) is 19.0 Å². The first kappa shape index (κ1) is 13.8. The first-order valence-corrected chi connectivity index (χ1v) is 6.58. The van der Waals surface area contributed by atoms with Crippen LogP contribution in [0.25, 0.3) is 0 Å². The summed E-state index contributed by atoms with van der Waals surface area (Å²) in [4.78, 5) is 13.1. The van der Waals surface area contributed by atoms with Crippen LogP contribution in [0.1, 0.15) is 31.4 Å². The van der Waals surface area contributed by atoms with Crippen LogP contribution in [0.5, 0.6) is 0 Å². The Bertz CT molecular complexity index is 476. The van der Waals surface area contributed by atoms with E-state index in [0.717, 1.165) is 24.9 Å². The molecule has 1 aliphatic rings. The van der Waals surface area contributed by atoms with Crippen molar-refractivity contribution in [3.63, 3.8) is 0 Å². The lowest BCUT2D eigenvalue weighted by atomic mass is 9.96. The Hall–Kier alpha value is -1.62. The van der Waals surface area contributed by atoms with E-state index in [0.29, 0.717) is 12.2 Å². The molecular formula is C14H20FN3O. The maximum atomic E-state index is 14.1. The molecule has 0 radical (unpaired) electrons. The first-order chi connectivity index (χ1) is 8.99. The Kier molecular flexibility index (Phi) is 4.04. The van der Waals surface area contributed by atoms with Gasteiger partial charge in [0, 0.05) is 19.1 Å². The van der Waals surface area contributed by atoms with Crippen LogP contribution in [0.2, 0.25) is 0 Å². The average molecular weight is 265 g/mol. The molecule has 1 aromatic rings. The van der Waals surface area contributed by atoms with Crippen LogP contribution in [0.3, 0.4) is 0 Å². The fraction of sp³-hybridized carbons (Fsp3) is 0.500. The molecule has 2 atom stereocenters. The highest BCUT2D eigenvalue weighted by atomic mass is 19.1. The summed E-state index contributed by atoms with van der Waals surface area (Å²) in [7, 11) is 0. The number of hydrogen-bond donors (Lipinski definition) is 2. The van der Waals surface area contributed by atoms with Crippen molar-refractivity contribution in [2.24, 2.45) is 17.4 Å². The van der Waals surface area contributed by atoms with E-state index >= 15 is 0 Å². The maximum absolute atomic E-state index is 14.1. The zero-order chi connectivity index (χ0) is 14.0. The lowest BCUT2D eigenvalue weighted by Gasteiger charge is -2.33. The SMILES string of the molecule is C[C@@H](N)c1ccc(N2CCCC(C(N)=O)C2)c(F)c1. The van der Waals surface area contributed by atoms with Gasteiger partial charge in [0.25, 0.3) is 0 Å². The normalized spacial score (nSPS) is 21.2. The zero-order valence-electron chi connectivity index (χ0n) is 11.1. The molecule has 0 aromatic heterocycles. The molecule has 4 N–H and O–H groups in total. The van der Waals surface area contributed by atoms with Crippen LogP contribution in [0.4, 0.5) is 10.1 Å². The van der Waals surface area contributed by atoms with Crippen molar-refractivity contribution in [2.75, 3.05) is 18.0 Å². The number of hydrogen-bond acceptors (Lipinski definition) is 3. The Morgan fingerprint density at radius 1 is 1.53 bits per heavy atom. The standard InChI is InChI=1S/C14H20FN3O/c1-9(16)10-4-5-13(12(15)7-10)18-6-2-3-11(8-18)14(17)19/h4-5,7,9,11H,2-3,6,8,16H2,1H3,(H2,17,19)/t9-,11?/m1/s1. The molecule has 1 fully saturated rings. The van der Waals surface area contributed by atoms with E-state index in [9.17, 15) is 9.18 Å². The summed E-state index contributed by atoms with van der Waals surface area (Å²) in [6.45, 7) is 3.06. The average Bonchev–Trinajstić information content (AvgIpc) is 2.38. The van der Waals surface area contributed by atoms with Gasteiger partial charge in [0.1, 0.15) is 5.82 Å². The van der Waals surface area contributed by atoms with Gasteiger partial charge in [-0.1, -0.05) is 6.07 Å². The predicted molar refractivity (Wildman–Crippen MR) is 73.1 cm³/mol. The molecule has 1 aliphatic heterocycles. The Morgan fingerprint density at radius 2 is 2.26 bits per heavy atom. The number of halogens is 1. The molecule has 2 rings (SSSR count). The largest absolute Gasteiger partial charge is 0.369 e. The molecule has 1 aromatic carbocycles. The number of carbonyl (C=O) groups excluding carboxylic acids is 1. The minimum absolute atomic E-state index is 0.191. The summed E-state index contributed by atoms with van der Waals surface area (Å²) in [6.07, 6.45) is 1.63. The minimum atomic E-state index is -0.308. The number of benzene rings is 1. The van der Waals surface area contributed by atoms with E-state index < -0.39 is 0 Å². The quantitative estimate of drug-likeness (QED) is 0.871. The van der Waals surface area contributed by atoms with E-state index in [1.54, 1.807) is 6.07 Å². The molecule has 0 bridgehead atoms. The smallest absolute Gasteiger partial charge is 0.222 e. The number of anilines is 1. The molecule has 1 amide bonds. The summed E-state index contributed by atoms with van der Waals surface area (Å²) in [6, 6.07) is 4.84. The fourth-order valence-corrected chi connectivity index (χ4v) is 2.49. The molecule has 0 aliphatic carbocycles. The number of nitrogens with two attached hydrogens (primary N) is 2. The fourth-order valence-electron chi connectivity index (χ4n) is 2.49. The third-order valence-corrected chi connectivity index (χ3v) is 3.66. The van der Waals surface area contributed by atoms with Gasteiger partial charge >= 0.3 is 0 Å². The molecule has 104 valence electrons. The molecule has 5 heteroatoms. The lowest BCUT2D eigenvalue weighted by molar-refractivity contribution is -0.122. The van der Waals surface area contributed by atoms with E-state index in [4.69, 9.17) is 11.5 Å². The van der Waals surface area contributed by atoms with Crippen molar-refractivity contribution in [3.05, 3.63) is 29.6 Å². The molecule has 1 heterocycles. The number of piperidine rings is 1. The first-order valence-electron chi connectivity index (χ1n) is 6.58. The summed E-state index contributed by atoms with van der Waals surface area (Å²) in [5.41, 5.74) is 12.4. The number of amides is 1. The molecule has 0 saturated carbocycles. The Morgan fingerprint density at radius 3 is 2.84 bits per heavy atom. The number of primary amides is 1. The topological polar surface area (TPSA) is 72.3 Å². The van der Waals surface area contributed by atoms with E-state index in [-0.39, 0.29) is 23.7 Å². The van der Waals surface area contributed by atoms with Crippen molar-refractivity contribution in [1.29, 1.82) is 0 Å². The van der Waals surface area contributed by atoms with E-state index in [2.05, 4.69) is 0 Å². The van der Waals surface area contributed by atoms with Crippen LogP contribution in [-0.2, 0) is 4.79 Å². The minimum Gasteiger partial charge on any atom is -0.369 e. The van der Waals surface area contributed by atoms with Gasteiger partial charge in [-0.15, -0.1) is 0 Å². The molecule has 19 heavy (non-hydrogen) atoms. The monoisotopic (exact) mass is 265 g/mol. The van der Waals surface area contributed by atoms with Gasteiger partial charge in [-0.05, 0) is 37.5 Å². The van der Waals surface area contributed by atoms with Gasteiger partial charge in [0.2, 0.25) is 5.91 Å². The second kappa shape index (κ2) is 5.57. The highest BCUT2D eigenvalue weighted by Gasteiger charge is 2.25. The molecule has 4 nitrogen and oxygen atoms in total. The van der Waals surface area contributed by atoms with Crippen LogP contribution < -0.4 is 16.4 Å². The maximum Gasteiger partial charge on any atom is 0.222 e. The van der Waals surface area contributed by atoms with Gasteiger partial charge in [-0.3, -0.25) is 4.79 Å². The third-order valence-electron chi connectivity index (χ3n) is 3.66. The van der Waals surface area contributed by atoms with Gasteiger partial charge in [-0.25, -0.2) is 4.39 Å². The van der Waals surface area contributed by atoms with Crippen molar-refractivity contribution in [3.8, 4) is 0 Å². The zero-order valence-corrected chi connectivity index (χ0v) is 11.1. The van der Waals surface area contributed by atoms with Gasteiger partial charge in [0.15, 0.2) is 0 Å². The highest BCUT2D eigenvalue weighted by Crippen LogP contribution is 2.27. The highest BCUT2D eigenvalue weighted by molar-refractivity contribution is 5.77. The van der Waals surface area contributed by atoms with Crippen LogP contribution >= 0.6 is 0 Å². The predicted octanol–water partition coefficient (Wildman–Crippen LogP) is 1.55. The molecule has 1 saturated heterocycles. The second-order valence-electron chi connectivity index (χ2n) is 5.19. The second-order valence-corrected chi connectivity index (χ2v) is 5.19. The summed E-state index contributed by atoms with van der Waals surface area (Å²) in [5, 5.41) is 0. The van der Waals surface area contributed by atoms with Gasteiger partial charge < -0.3 is 16.4 Å². The summed E-state index contributed by atoms with van der Waals surface area (Å²) >= 11 is 0. The number of nitrogens with zero attached hydrogens (tertiary/aromatic N) is 1. The van der Waals surface area contributed by atoms with E-state index in [1.165, 1.54) is 6.07 Å².